The van der Waals surface area contributed by atoms with E-state index in [2.05, 4.69) is 16.1 Å². The average Bonchev–Trinajstić information content (AvgIpc) is 3.13. The minimum atomic E-state index is -0.175. The number of fused-ring (bicyclic) bond motifs is 1. The van der Waals surface area contributed by atoms with Gasteiger partial charge in [0.25, 0.3) is 5.91 Å². The lowest BCUT2D eigenvalue weighted by Crippen LogP contribution is -2.36. The predicted molar refractivity (Wildman–Crippen MR) is 109 cm³/mol. The third-order valence-corrected chi connectivity index (χ3v) is 4.47. The van der Waals surface area contributed by atoms with E-state index in [0.29, 0.717) is 24.4 Å². The topological polar surface area (TPSA) is 104 Å². The summed E-state index contributed by atoms with van der Waals surface area (Å²) >= 11 is 0. The lowest BCUT2D eigenvalue weighted by Gasteiger charge is -2.27. The van der Waals surface area contributed by atoms with E-state index in [0.717, 1.165) is 29.3 Å². The van der Waals surface area contributed by atoms with E-state index in [1.54, 1.807) is 25.1 Å². The van der Waals surface area contributed by atoms with Crippen molar-refractivity contribution in [3.8, 4) is 0 Å². The molecule has 0 unspecified atom stereocenters. The average molecular weight is 381 g/mol. The van der Waals surface area contributed by atoms with Crippen molar-refractivity contribution in [3.63, 3.8) is 0 Å². The third-order valence-electron chi connectivity index (χ3n) is 4.47. The fourth-order valence-corrected chi connectivity index (χ4v) is 3.04. The Balaban J connectivity index is 1.75. The van der Waals surface area contributed by atoms with Crippen molar-refractivity contribution >= 4 is 41.0 Å². The molecule has 1 aromatic carbocycles. The minimum Gasteiger partial charge on any atom is -0.451 e. The predicted octanol–water partition coefficient (Wildman–Crippen LogP) is 1.77. The van der Waals surface area contributed by atoms with E-state index >= 15 is 0 Å². The largest absolute Gasteiger partial charge is 0.451 e. The number of amides is 2. The van der Waals surface area contributed by atoms with Crippen LogP contribution in [0.25, 0.3) is 16.5 Å². The van der Waals surface area contributed by atoms with Gasteiger partial charge in [0.15, 0.2) is 5.76 Å². The van der Waals surface area contributed by atoms with E-state index < -0.39 is 0 Å². The second-order valence-electron chi connectivity index (χ2n) is 6.65. The summed E-state index contributed by atoms with van der Waals surface area (Å²) in [4.78, 5) is 35.3. The van der Waals surface area contributed by atoms with Crippen LogP contribution in [0.2, 0.25) is 0 Å². The van der Waals surface area contributed by atoms with Crippen molar-refractivity contribution < 1.29 is 14.0 Å². The Morgan fingerprint density at radius 3 is 2.89 bits per heavy atom. The summed E-state index contributed by atoms with van der Waals surface area (Å²) in [6.45, 7) is 1.22. The number of benzene rings is 1. The number of rotatable bonds is 5. The molecule has 28 heavy (non-hydrogen) atoms. The molecule has 0 atom stereocenters. The van der Waals surface area contributed by atoms with Gasteiger partial charge in [0.2, 0.25) is 5.91 Å². The molecule has 0 aliphatic carbocycles. The summed E-state index contributed by atoms with van der Waals surface area (Å²) in [5, 5.41) is 0.858. The van der Waals surface area contributed by atoms with Crippen LogP contribution in [0.15, 0.2) is 44.7 Å². The zero-order valence-electron chi connectivity index (χ0n) is 16.0. The maximum atomic E-state index is 12.3. The van der Waals surface area contributed by atoms with Gasteiger partial charge in [-0.1, -0.05) is 12.1 Å². The molecule has 8 nitrogen and oxygen atoms in total. The first-order valence-corrected chi connectivity index (χ1v) is 8.93. The molecular formula is C20H23N5O3. The zero-order chi connectivity index (χ0) is 20.1. The van der Waals surface area contributed by atoms with Crippen LogP contribution in [0.5, 0.6) is 0 Å². The van der Waals surface area contributed by atoms with Gasteiger partial charge in [-0.25, -0.2) is 4.99 Å². The first-order valence-electron chi connectivity index (χ1n) is 8.93. The quantitative estimate of drug-likeness (QED) is 0.629. The SMILES string of the molecule is CN(C)C(=O)c1cc2cc(C3=CCCN(C(=O)CN=CN=CN)C3)ccc2o1. The summed E-state index contributed by atoms with van der Waals surface area (Å²) in [6, 6.07) is 7.54. The molecule has 0 spiro atoms. The molecule has 3 rings (SSSR count). The summed E-state index contributed by atoms with van der Waals surface area (Å²) < 4.78 is 5.65. The van der Waals surface area contributed by atoms with E-state index in [9.17, 15) is 9.59 Å². The molecular weight excluding hydrogens is 358 g/mol. The molecule has 2 amide bonds. The molecule has 1 aromatic heterocycles. The number of nitrogens with two attached hydrogens (primary N) is 1. The highest BCUT2D eigenvalue weighted by molar-refractivity contribution is 5.96. The van der Waals surface area contributed by atoms with Gasteiger partial charge in [0, 0.05) is 32.6 Å². The van der Waals surface area contributed by atoms with Gasteiger partial charge in [-0.3, -0.25) is 14.6 Å². The first-order chi connectivity index (χ1) is 13.5. The Labute approximate surface area is 163 Å². The number of hydrogen-bond acceptors (Lipinski definition) is 4. The second kappa shape index (κ2) is 8.51. The normalized spacial score (nSPS) is 14.8. The molecule has 2 heterocycles. The van der Waals surface area contributed by atoms with Gasteiger partial charge in [0.05, 0.1) is 6.34 Å². The van der Waals surface area contributed by atoms with Crippen LogP contribution >= 0.6 is 0 Å². The molecule has 1 aliphatic rings. The molecule has 1 aliphatic heterocycles. The van der Waals surface area contributed by atoms with Crippen LogP contribution in [-0.4, -0.2) is 68.0 Å². The highest BCUT2D eigenvalue weighted by Crippen LogP contribution is 2.27. The Hall–Kier alpha value is -3.42. The number of hydrogen-bond donors (Lipinski definition) is 1. The van der Waals surface area contributed by atoms with Crippen LogP contribution in [0.4, 0.5) is 0 Å². The van der Waals surface area contributed by atoms with Crippen molar-refractivity contribution in [1.29, 1.82) is 0 Å². The van der Waals surface area contributed by atoms with Gasteiger partial charge in [-0.15, -0.1) is 0 Å². The monoisotopic (exact) mass is 381 g/mol. The molecule has 0 saturated heterocycles. The van der Waals surface area contributed by atoms with Crippen molar-refractivity contribution in [2.45, 2.75) is 6.42 Å². The smallest absolute Gasteiger partial charge is 0.289 e. The Bertz CT molecular complexity index is 971. The Kier molecular flexibility index (Phi) is 5.88. The summed E-state index contributed by atoms with van der Waals surface area (Å²) in [6.07, 6.45) is 5.32. The third kappa shape index (κ3) is 4.28. The van der Waals surface area contributed by atoms with Crippen LogP contribution in [0, 0.1) is 0 Å². The van der Waals surface area contributed by atoms with Gasteiger partial charge < -0.3 is 20.0 Å². The molecule has 146 valence electrons. The van der Waals surface area contributed by atoms with Gasteiger partial charge in [-0.2, -0.15) is 0 Å². The van der Waals surface area contributed by atoms with Crippen LogP contribution in [0.1, 0.15) is 22.5 Å². The Morgan fingerprint density at radius 1 is 1.32 bits per heavy atom. The number of carbonyl (C=O) groups excluding carboxylic acids is 2. The standard InChI is InChI=1S/C20H23N5O3/c1-24(2)20(27)18-9-16-8-14(5-6-17(16)28-18)15-4-3-7-25(11-15)19(26)10-22-13-23-12-21/h4-6,8-9,12-13H,3,7,10-11H2,1-2H3,(H2,21,22,23). The molecule has 2 N–H and O–H groups in total. The highest BCUT2D eigenvalue weighted by Gasteiger charge is 2.20. The van der Waals surface area contributed by atoms with Crippen molar-refractivity contribution in [1.82, 2.24) is 9.80 Å². The fraction of sp³-hybridized carbons (Fsp3) is 0.300. The van der Waals surface area contributed by atoms with E-state index in [1.165, 1.54) is 11.2 Å². The van der Waals surface area contributed by atoms with E-state index in [1.807, 2.05) is 18.2 Å². The van der Waals surface area contributed by atoms with Crippen LogP contribution < -0.4 is 5.73 Å². The lowest BCUT2D eigenvalue weighted by molar-refractivity contribution is -0.129. The lowest BCUT2D eigenvalue weighted by atomic mass is 10.00. The number of aliphatic imine (C=N–C) groups is 2. The molecule has 8 heteroatoms. The molecule has 0 saturated carbocycles. The molecule has 0 fully saturated rings. The molecule has 0 radical (unpaired) electrons. The molecule has 2 aromatic rings. The van der Waals surface area contributed by atoms with Crippen LogP contribution in [0.3, 0.4) is 0 Å². The summed E-state index contributed by atoms with van der Waals surface area (Å²) in [7, 11) is 3.37. The van der Waals surface area contributed by atoms with Gasteiger partial charge >= 0.3 is 0 Å². The highest BCUT2D eigenvalue weighted by atomic mass is 16.3. The fourth-order valence-electron chi connectivity index (χ4n) is 3.04. The first kappa shape index (κ1) is 19.3. The maximum absolute atomic E-state index is 12.3. The van der Waals surface area contributed by atoms with E-state index in [4.69, 9.17) is 10.2 Å². The van der Waals surface area contributed by atoms with Gasteiger partial charge in [0.1, 0.15) is 18.5 Å². The zero-order valence-corrected chi connectivity index (χ0v) is 16.0. The van der Waals surface area contributed by atoms with Crippen LogP contribution in [-0.2, 0) is 4.79 Å². The van der Waals surface area contributed by atoms with E-state index in [-0.39, 0.29) is 18.4 Å². The van der Waals surface area contributed by atoms with Crippen molar-refractivity contribution in [2.75, 3.05) is 33.7 Å². The van der Waals surface area contributed by atoms with Crippen molar-refractivity contribution in [2.24, 2.45) is 15.7 Å². The summed E-state index contributed by atoms with van der Waals surface area (Å²) in [5.41, 5.74) is 7.86. The number of carbonyl (C=O) groups is 2. The van der Waals surface area contributed by atoms with Gasteiger partial charge in [-0.05, 0) is 35.8 Å². The number of nitrogens with zero attached hydrogens (tertiary/aromatic N) is 4. The second-order valence-corrected chi connectivity index (χ2v) is 6.65. The maximum Gasteiger partial charge on any atom is 0.289 e. The minimum absolute atomic E-state index is 0.0430. The number of furan rings is 1. The molecule has 0 bridgehead atoms. The van der Waals surface area contributed by atoms with Crippen molar-refractivity contribution in [3.05, 3.63) is 41.7 Å². The summed E-state index contributed by atoms with van der Waals surface area (Å²) in [5.74, 6) is 0.0767. The Morgan fingerprint density at radius 2 is 2.14 bits per heavy atom.